The first-order chi connectivity index (χ1) is 15.7. The molecule has 170 valence electrons. The van der Waals surface area contributed by atoms with Gasteiger partial charge in [-0.1, -0.05) is 36.4 Å². The number of carbonyl (C=O) groups is 2. The van der Waals surface area contributed by atoms with Crippen molar-refractivity contribution in [2.24, 2.45) is 0 Å². The van der Waals surface area contributed by atoms with E-state index in [0.29, 0.717) is 22.4 Å². The van der Waals surface area contributed by atoms with Crippen molar-refractivity contribution in [3.05, 3.63) is 95.1 Å². The van der Waals surface area contributed by atoms with Crippen molar-refractivity contribution in [1.29, 1.82) is 0 Å². The Bertz CT molecular complexity index is 1190. The second-order valence-electron chi connectivity index (χ2n) is 7.77. The van der Waals surface area contributed by atoms with Gasteiger partial charge in [-0.3, -0.25) is 9.59 Å². The molecule has 5 nitrogen and oxygen atoms in total. The van der Waals surface area contributed by atoms with Crippen molar-refractivity contribution in [3.63, 3.8) is 0 Å². The summed E-state index contributed by atoms with van der Waals surface area (Å²) in [5.41, 5.74) is 0.772. The van der Waals surface area contributed by atoms with Gasteiger partial charge in [-0.15, -0.1) is 0 Å². The Morgan fingerprint density at radius 2 is 1.70 bits per heavy atom. The van der Waals surface area contributed by atoms with Crippen LogP contribution in [0.15, 0.2) is 72.8 Å². The highest BCUT2D eigenvalue weighted by molar-refractivity contribution is 6.04. The van der Waals surface area contributed by atoms with Crippen LogP contribution in [0.1, 0.15) is 39.0 Å². The molecule has 0 aliphatic carbocycles. The summed E-state index contributed by atoms with van der Waals surface area (Å²) in [6.07, 6.45) is -4.53. The molecule has 0 bridgehead atoms. The summed E-state index contributed by atoms with van der Waals surface area (Å²) >= 11 is 0. The number of nitrogens with one attached hydrogen (secondary N) is 1. The molecule has 33 heavy (non-hydrogen) atoms. The molecule has 4 rings (SSSR count). The lowest BCUT2D eigenvalue weighted by molar-refractivity contribution is -0.137. The van der Waals surface area contributed by atoms with Crippen molar-refractivity contribution in [2.75, 3.05) is 19.5 Å². The van der Waals surface area contributed by atoms with Gasteiger partial charge in [0.1, 0.15) is 5.75 Å². The number of anilines is 1. The predicted molar refractivity (Wildman–Crippen MR) is 117 cm³/mol. The highest BCUT2D eigenvalue weighted by Gasteiger charge is 2.42. The number of ether oxygens (including phenoxy) is 1. The second kappa shape index (κ2) is 8.61. The summed E-state index contributed by atoms with van der Waals surface area (Å²) in [6, 6.07) is 17.6. The number of likely N-dealkylation sites (N-methyl/N-ethyl adjacent to an activating group) is 1. The van der Waals surface area contributed by atoms with Gasteiger partial charge < -0.3 is 15.0 Å². The summed E-state index contributed by atoms with van der Waals surface area (Å²) in [5, 5.41) is 2.62. The largest absolute Gasteiger partial charge is 0.497 e. The Morgan fingerprint density at radius 1 is 1.00 bits per heavy atom. The van der Waals surface area contributed by atoms with Crippen molar-refractivity contribution in [3.8, 4) is 5.75 Å². The normalized spacial score (nSPS) is 18.0. The van der Waals surface area contributed by atoms with E-state index in [0.717, 1.165) is 12.1 Å². The quantitative estimate of drug-likeness (QED) is 0.585. The van der Waals surface area contributed by atoms with Crippen LogP contribution in [-0.4, -0.2) is 30.9 Å². The average Bonchev–Trinajstić information content (AvgIpc) is 2.81. The molecule has 1 aliphatic rings. The Labute approximate surface area is 188 Å². The highest BCUT2D eigenvalue weighted by Crippen LogP contribution is 2.43. The fraction of sp³-hybridized carbons (Fsp3) is 0.200. The SMILES string of the molecule is COc1ccc([C@@H]2[C@@H](C(=O)Nc3cccc(C(F)(F)F)c3)c3ccccc3C(=O)N2C)cc1. The third-order valence-corrected chi connectivity index (χ3v) is 5.78. The molecule has 0 aromatic heterocycles. The van der Waals surface area contributed by atoms with Crippen LogP contribution in [0.25, 0.3) is 0 Å². The van der Waals surface area contributed by atoms with E-state index < -0.39 is 29.6 Å². The fourth-order valence-corrected chi connectivity index (χ4v) is 4.17. The Kier molecular flexibility index (Phi) is 5.84. The van der Waals surface area contributed by atoms with E-state index >= 15 is 0 Å². The van der Waals surface area contributed by atoms with Crippen molar-refractivity contribution in [1.82, 2.24) is 4.90 Å². The topological polar surface area (TPSA) is 58.6 Å². The monoisotopic (exact) mass is 454 g/mol. The zero-order chi connectivity index (χ0) is 23.8. The molecule has 8 heteroatoms. The smallest absolute Gasteiger partial charge is 0.416 e. The molecule has 0 saturated carbocycles. The lowest BCUT2D eigenvalue weighted by Gasteiger charge is -2.39. The minimum atomic E-state index is -4.53. The van der Waals surface area contributed by atoms with Gasteiger partial charge in [-0.2, -0.15) is 13.2 Å². The molecule has 0 saturated heterocycles. The summed E-state index contributed by atoms with van der Waals surface area (Å²) < 4.78 is 44.6. The van der Waals surface area contributed by atoms with Crippen LogP contribution < -0.4 is 10.1 Å². The number of carbonyl (C=O) groups excluding carboxylic acids is 2. The number of hydrogen-bond donors (Lipinski definition) is 1. The van der Waals surface area contributed by atoms with Crippen LogP contribution in [0.5, 0.6) is 5.75 Å². The minimum absolute atomic E-state index is 0.0281. The van der Waals surface area contributed by atoms with Gasteiger partial charge in [0.15, 0.2) is 0 Å². The van der Waals surface area contributed by atoms with E-state index in [9.17, 15) is 22.8 Å². The van der Waals surface area contributed by atoms with Crippen molar-refractivity contribution in [2.45, 2.75) is 18.1 Å². The summed E-state index contributed by atoms with van der Waals surface area (Å²) in [6.45, 7) is 0. The molecule has 2 amide bonds. The summed E-state index contributed by atoms with van der Waals surface area (Å²) in [5.74, 6) is -0.975. The molecular weight excluding hydrogens is 433 g/mol. The number of halogens is 3. The maximum absolute atomic E-state index is 13.5. The third-order valence-electron chi connectivity index (χ3n) is 5.78. The number of hydrogen-bond acceptors (Lipinski definition) is 3. The molecule has 0 fully saturated rings. The van der Waals surface area contributed by atoms with Gasteiger partial charge in [-0.25, -0.2) is 0 Å². The molecule has 1 aliphatic heterocycles. The van der Waals surface area contributed by atoms with Crippen LogP contribution >= 0.6 is 0 Å². The molecule has 3 aromatic rings. The highest BCUT2D eigenvalue weighted by atomic mass is 19.4. The zero-order valence-corrected chi connectivity index (χ0v) is 17.9. The van der Waals surface area contributed by atoms with E-state index in [1.54, 1.807) is 55.6 Å². The van der Waals surface area contributed by atoms with Gasteiger partial charge in [0.05, 0.1) is 24.6 Å². The average molecular weight is 454 g/mol. The van der Waals surface area contributed by atoms with Crippen LogP contribution in [0, 0.1) is 0 Å². The lowest BCUT2D eigenvalue weighted by atomic mass is 9.79. The number of fused-ring (bicyclic) bond motifs is 1. The molecule has 2 atom stereocenters. The van der Waals surface area contributed by atoms with E-state index in [4.69, 9.17) is 4.74 Å². The van der Waals surface area contributed by atoms with Crippen LogP contribution in [0.3, 0.4) is 0 Å². The van der Waals surface area contributed by atoms with E-state index in [-0.39, 0.29) is 11.6 Å². The first kappa shape index (κ1) is 22.4. The second-order valence-corrected chi connectivity index (χ2v) is 7.77. The molecule has 0 radical (unpaired) electrons. The van der Waals surface area contributed by atoms with Gasteiger partial charge in [-0.05, 0) is 47.5 Å². The first-order valence-electron chi connectivity index (χ1n) is 10.2. The molecule has 0 unspecified atom stereocenters. The number of nitrogens with zero attached hydrogens (tertiary/aromatic N) is 1. The maximum atomic E-state index is 13.5. The number of alkyl halides is 3. The maximum Gasteiger partial charge on any atom is 0.416 e. The number of benzene rings is 3. The number of amides is 2. The Hall–Kier alpha value is -3.81. The van der Waals surface area contributed by atoms with E-state index in [1.165, 1.54) is 24.1 Å². The molecule has 1 heterocycles. The predicted octanol–water partition coefficient (Wildman–Crippen LogP) is 5.26. The van der Waals surface area contributed by atoms with Crippen molar-refractivity contribution >= 4 is 17.5 Å². The standard InChI is InChI=1S/C25H21F3N2O3/c1-30-22(15-10-12-18(33-2)13-11-15)21(19-8-3-4-9-20(19)24(30)32)23(31)29-17-7-5-6-16(14-17)25(26,27)28/h3-14,21-22H,1-2H3,(H,29,31)/t21-,22+/m0/s1. The summed E-state index contributed by atoms with van der Waals surface area (Å²) in [7, 11) is 3.14. The van der Waals surface area contributed by atoms with Gasteiger partial charge >= 0.3 is 6.18 Å². The third kappa shape index (κ3) is 4.28. The molecular formula is C25H21F3N2O3. The van der Waals surface area contributed by atoms with E-state index in [2.05, 4.69) is 5.32 Å². The number of methoxy groups -OCH3 is 1. The zero-order valence-electron chi connectivity index (χ0n) is 17.9. The van der Waals surface area contributed by atoms with Gasteiger partial charge in [0, 0.05) is 18.3 Å². The lowest BCUT2D eigenvalue weighted by Crippen LogP contribution is -2.44. The summed E-state index contributed by atoms with van der Waals surface area (Å²) in [4.78, 5) is 28.0. The van der Waals surface area contributed by atoms with Crippen molar-refractivity contribution < 1.29 is 27.5 Å². The molecule has 1 N–H and O–H groups in total. The van der Waals surface area contributed by atoms with E-state index in [1.807, 2.05) is 0 Å². The number of rotatable bonds is 4. The molecule has 0 spiro atoms. The molecule has 3 aromatic carbocycles. The Morgan fingerprint density at radius 3 is 2.36 bits per heavy atom. The fourth-order valence-electron chi connectivity index (χ4n) is 4.17. The van der Waals surface area contributed by atoms with Crippen LogP contribution in [0.2, 0.25) is 0 Å². The minimum Gasteiger partial charge on any atom is -0.497 e. The first-order valence-corrected chi connectivity index (χ1v) is 10.2. The van der Waals surface area contributed by atoms with Crippen LogP contribution in [0.4, 0.5) is 18.9 Å². The Balaban J connectivity index is 1.77. The van der Waals surface area contributed by atoms with Crippen LogP contribution in [-0.2, 0) is 11.0 Å². The van der Waals surface area contributed by atoms with Gasteiger partial charge in [0.2, 0.25) is 5.91 Å². The van der Waals surface area contributed by atoms with Gasteiger partial charge in [0.25, 0.3) is 5.91 Å².